The Morgan fingerprint density at radius 1 is 1.11 bits per heavy atom. The number of rotatable bonds is 8. The lowest BCUT2D eigenvalue weighted by molar-refractivity contribution is 0.191. The lowest BCUT2D eigenvalue weighted by Gasteiger charge is -2.15. The summed E-state index contributed by atoms with van der Waals surface area (Å²) in [4.78, 5) is 12.6. The molecule has 1 heterocycles. The van der Waals surface area contributed by atoms with Crippen LogP contribution >= 0.6 is 0 Å². The Kier molecular flexibility index (Phi) is 6.27. The first-order chi connectivity index (χ1) is 9.05. The molecule has 108 valence electrons. The van der Waals surface area contributed by atoms with E-state index in [1.54, 1.807) is 14.2 Å². The van der Waals surface area contributed by atoms with E-state index in [-0.39, 0.29) is 12.1 Å². The van der Waals surface area contributed by atoms with Crippen LogP contribution in [0.1, 0.15) is 27.2 Å². The van der Waals surface area contributed by atoms with Gasteiger partial charge < -0.3 is 20.1 Å². The molecular weight excluding hydrogens is 246 g/mol. The summed E-state index contributed by atoms with van der Waals surface area (Å²) in [6.45, 7) is 6.59. The van der Waals surface area contributed by atoms with Gasteiger partial charge in [0.25, 0.3) is 0 Å². The van der Waals surface area contributed by atoms with Crippen LogP contribution in [0.3, 0.4) is 0 Å². The molecule has 0 amide bonds. The second-order valence-corrected chi connectivity index (χ2v) is 4.51. The number of anilines is 2. The van der Waals surface area contributed by atoms with Gasteiger partial charge in [-0.3, -0.25) is 0 Å². The van der Waals surface area contributed by atoms with Crippen LogP contribution in [0.15, 0.2) is 0 Å². The number of hydrogen-bond donors (Lipinski definition) is 2. The number of ether oxygens (including phenoxy) is 2. The maximum absolute atomic E-state index is 5.49. The highest BCUT2D eigenvalue weighted by atomic mass is 16.5. The number of hydrogen-bond acceptors (Lipinski definition) is 7. The Bertz CT molecular complexity index is 386. The first kappa shape index (κ1) is 15.4. The van der Waals surface area contributed by atoms with E-state index >= 15 is 0 Å². The van der Waals surface area contributed by atoms with Gasteiger partial charge in [-0.25, -0.2) is 0 Å². The zero-order chi connectivity index (χ0) is 14.3. The van der Waals surface area contributed by atoms with Gasteiger partial charge in [0.05, 0.1) is 6.10 Å². The van der Waals surface area contributed by atoms with Crippen molar-refractivity contribution in [1.82, 2.24) is 15.0 Å². The highest BCUT2D eigenvalue weighted by Crippen LogP contribution is 2.13. The molecule has 1 aromatic heterocycles. The van der Waals surface area contributed by atoms with Gasteiger partial charge in [0.2, 0.25) is 11.9 Å². The van der Waals surface area contributed by atoms with Crippen molar-refractivity contribution >= 4 is 11.9 Å². The minimum atomic E-state index is 0.0193. The number of nitrogens with one attached hydrogen (secondary N) is 2. The van der Waals surface area contributed by atoms with Crippen molar-refractivity contribution in [2.24, 2.45) is 0 Å². The third-order valence-corrected chi connectivity index (χ3v) is 2.31. The lowest BCUT2D eigenvalue weighted by Crippen LogP contribution is -2.20. The molecule has 7 nitrogen and oxygen atoms in total. The molecule has 0 spiro atoms. The fourth-order valence-electron chi connectivity index (χ4n) is 1.38. The van der Waals surface area contributed by atoms with Crippen LogP contribution in [0.2, 0.25) is 0 Å². The normalized spacial score (nSPS) is 12.3. The summed E-state index contributed by atoms with van der Waals surface area (Å²) in [5.41, 5.74) is 0. The molecule has 0 saturated carbocycles. The Morgan fingerprint density at radius 2 is 1.79 bits per heavy atom. The molecule has 0 bridgehead atoms. The fraction of sp³-hybridized carbons (Fsp3) is 0.750. The second kappa shape index (κ2) is 7.73. The standard InChI is InChI=1S/C12H23N5O2/c1-8(2)19-12-16-10(13-4)15-11(17-12)14-9(3)6-7-18-5/h8-9H,6-7H2,1-5H3,(H2,13,14,15,16,17). The summed E-state index contributed by atoms with van der Waals surface area (Å²) in [5, 5.41) is 6.09. The minimum absolute atomic E-state index is 0.0193. The number of nitrogens with zero attached hydrogens (tertiary/aromatic N) is 3. The summed E-state index contributed by atoms with van der Waals surface area (Å²) in [6.07, 6.45) is 0.892. The molecule has 1 unspecified atom stereocenters. The van der Waals surface area contributed by atoms with Crippen molar-refractivity contribution in [2.75, 3.05) is 31.4 Å². The molecule has 7 heteroatoms. The minimum Gasteiger partial charge on any atom is -0.461 e. The monoisotopic (exact) mass is 269 g/mol. The first-order valence-electron chi connectivity index (χ1n) is 6.41. The third kappa shape index (κ3) is 5.69. The van der Waals surface area contributed by atoms with Crippen molar-refractivity contribution in [3.63, 3.8) is 0 Å². The van der Waals surface area contributed by atoms with E-state index in [1.165, 1.54) is 0 Å². The molecule has 0 aliphatic rings. The SMILES string of the molecule is CNc1nc(NC(C)CCOC)nc(OC(C)C)n1. The van der Waals surface area contributed by atoms with Gasteiger partial charge in [0, 0.05) is 26.8 Å². The molecule has 0 aromatic carbocycles. The highest BCUT2D eigenvalue weighted by Gasteiger charge is 2.10. The van der Waals surface area contributed by atoms with Crippen molar-refractivity contribution in [3.8, 4) is 6.01 Å². The van der Waals surface area contributed by atoms with Crippen molar-refractivity contribution in [2.45, 2.75) is 39.3 Å². The zero-order valence-electron chi connectivity index (χ0n) is 12.2. The van der Waals surface area contributed by atoms with Gasteiger partial charge in [-0.2, -0.15) is 15.0 Å². The summed E-state index contributed by atoms with van der Waals surface area (Å²) in [5.74, 6) is 0.977. The Hall–Kier alpha value is -1.63. The molecule has 1 atom stereocenters. The van der Waals surface area contributed by atoms with Crippen molar-refractivity contribution in [3.05, 3.63) is 0 Å². The average molecular weight is 269 g/mol. The van der Waals surface area contributed by atoms with E-state index in [0.29, 0.717) is 24.5 Å². The summed E-state index contributed by atoms with van der Waals surface area (Å²) >= 11 is 0. The van der Waals surface area contributed by atoms with Crippen LogP contribution in [0.5, 0.6) is 6.01 Å². The van der Waals surface area contributed by atoms with Crippen molar-refractivity contribution < 1.29 is 9.47 Å². The number of aromatic nitrogens is 3. The molecule has 2 N–H and O–H groups in total. The molecule has 0 aliphatic heterocycles. The van der Waals surface area contributed by atoms with E-state index < -0.39 is 0 Å². The molecule has 1 aromatic rings. The molecular formula is C12H23N5O2. The molecule has 0 radical (unpaired) electrons. The summed E-state index contributed by atoms with van der Waals surface area (Å²) < 4.78 is 10.5. The van der Waals surface area contributed by atoms with Crippen LogP contribution in [0, 0.1) is 0 Å². The molecule has 1 rings (SSSR count). The van der Waals surface area contributed by atoms with Crippen LogP contribution < -0.4 is 15.4 Å². The predicted octanol–water partition coefficient (Wildman–Crippen LogP) is 1.54. The van der Waals surface area contributed by atoms with Gasteiger partial charge >= 0.3 is 6.01 Å². The fourth-order valence-corrected chi connectivity index (χ4v) is 1.38. The second-order valence-electron chi connectivity index (χ2n) is 4.51. The van der Waals surface area contributed by atoms with Gasteiger partial charge in [-0.15, -0.1) is 0 Å². The van der Waals surface area contributed by atoms with Crippen LogP contribution in [-0.4, -0.2) is 47.9 Å². The van der Waals surface area contributed by atoms with Gasteiger partial charge in [-0.1, -0.05) is 0 Å². The maximum atomic E-state index is 5.49. The van der Waals surface area contributed by atoms with Crippen LogP contribution in [0.4, 0.5) is 11.9 Å². The summed E-state index contributed by atoms with van der Waals surface area (Å²) in [6, 6.07) is 0.523. The van der Waals surface area contributed by atoms with Gasteiger partial charge in [0.15, 0.2) is 0 Å². The molecule has 0 fully saturated rings. The smallest absolute Gasteiger partial charge is 0.323 e. The zero-order valence-corrected chi connectivity index (χ0v) is 12.2. The maximum Gasteiger partial charge on any atom is 0.323 e. The average Bonchev–Trinajstić information content (AvgIpc) is 2.35. The van der Waals surface area contributed by atoms with E-state index in [1.807, 2.05) is 20.8 Å². The van der Waals surface area contributed by atoms with Crippen molar-refractivity contribution in [1.29, 1.82) is 0 Å². The Labute approximate surface area is 114 Å². The topological polar surface area (TPSA) is 81.2 Å². The molecule has 19 heavy (non-hydrogen) atoms. The van der Waals surface area contributed by atoms with Crippen LogP contribution in [-0.2, 0) is 4.74 Å². The van der Waals surface area contributed by atoms with E-state index in [2.05, 4.69) is 25.6 Å². The highest BCUT2D eigenvalue weighted by molar-refractivity contribution is 5.35. The quantitative estimate of drug-likeness (QED) is 0.740. The third-order valence-electron chi connectivity index (χ3n) is 2.31. The van der Waals surface area contributed by atoms with E-state index in [0.717, 1.165) is 6.42 Å². The first-order valence-corrected chi connectivity index (χ1v) is 6.41. The summed E-state index contributed by atoms with van der Waals surface area (Å²) in [7, 11) is 3.44. The van der Waals surface area contributed by atoms with Gasteiger partial charge in [-0.05, 0) is 27.2 Å². The molecule has 0 saturated heterocycles. The van der Waals surface area contributed by atoms with Gasteiger partial charge in [0.1, 0.15) is 0 Å². The predicted molar refractivity (Wildman–Crippen MR) is 74.7 cm³/mol. The molecule has 0 aliphatic carbocycles. The Balaban J connectivity index is 2.75. The number of methoxy groups -OCH3 is 1. The largest absolute Gasteiger partial charge is 0.461 e. The Morgan fingerprint density at radius 3 is 2.37 bits per heavy atom. The van der Waals surface area contributed by atoms with E-state index in [4.69, 9.17) is 9.47 Å². The van der Waals surface area contributed by atoms with E-state index in [9.17, 15) is 0 Å². The lowest BCUT2D eigenvalue weighted by atomic mass is 10.2. The van der Waals surface area contributed by atoms with Crippen LogP contribution in [0.25, 0.3) is 0 Å².